The van der Waals surface area contributed by atoms with Crippen molar-refractivity contribution in [2.75, 3.05) is 0 Å². The molecule has 3 heteroatoms. The van der Waals surface area contributed by atoms with Gasteiger partial charge in [0, 0.05) is 23.9 Å². The fraction of sp³-hybridized carbons (Fsp3) is 0.333. The van der Waals surface area contributed by atoms with Crippen LogP contribution in [0.15, 0.2) is 52.9 Å². The maximum Gasteiger partial charge on any atom is 0.162 e. The summed E-state index contributed by atoms with van der Waals surface area (Å²) < 4.78 is 11.5. The van der Waals surface area contributed by atoms with Crippen LogP contribution in [0.5, 0.6) is 0 Å². The van der Waals surface area contributed by atoms with Gasteiger partial charge >= 0.3 is 0 Å². The number of rotatable bonds is 6. The van der Waals surface area contributed by atoms with E-state index in [1.165, 1.54) is 58.5 Å². The zero-order chi connectivity index (χ0) is 18.4. The van der Waals surface area contributed by atoms with Gasteiger partial charge in [0.25, 0.3) is 0 Å². The molecular formula is C24H26N2O. The smallest absolute Gasteiger partial charge is 0.162 e. The Morgan fingerprint density at radius 1 is 0.667 bits per heavy atom. The quantitative estimate of drug-likeness (QED) is 0.317. The molecule has 3 heterocycles. The monoisotopic (exact) mass is 358 g/mol. The third-order valence-electron chi connectivity index (χ3n) is 5.75. The number of unbranched alkanes of at least 4 members (excludes halogenated alkanes) is 2. The first kappa shape index (κ1) is 16.5. The molecule has 0 atom stereocenters. The first-order chi connectivity index (χ1) is 13.3. The minimum Gasteiger partial charge on any atom is -0.451 e. The highest BCUT2D eigenvalue weighted by Crippen LogP contribution is 2.41. The molecular weight excluding hydrogens is 332 g/mol. The molecule has 0 aliphatic rings. The van der Waals surface area contributed by atoms with Crippen molar-refractivity contribution in [2.45, 2.75) is 52.6 Å². The van der Waals surface area contributed by atoms with Gasteiger partial charge in [0.1, 0.15) is 11.0 Å². The number of hydrogen-bond donors (Lipinski definition) is 0. The highest BCUT2D eigenvalue weighted by Gasteiger charge is 2.23. The van der Waals surface area contributed by atoms with Gasteiger partial charge in [0.2, 0.25) is 0 Å². The summed E-state index contributed by atoms with van der Waals surface area (Å²) in [4.78, 5) is 0. The van der Waals surface area contributed by atoms with Crippen LogP contribution >= 0.6 is 0 Å². The van der Waals surface area contributed by atoms with E-state index in [0.717, 1.165) is 24.3 Å². The summed E-state index contributed by atoms with van der Waals surface area (Å²) in [6.07, 6.45) is 4.73. The van der Waals surface area contributed by atoms with E-state index in [4.69, 9.17) is 4.42 Å². The maximum absolute atomic E-state index is 6.56. The van der Waals surface area contributed by atoms with Crippen molar-refractivity contribution in [1.82, 2.24) is 9.13 Å². The second kappa shape index (κ2) is 6.49. The van der Waals surface area contributed by atoms with E-state index >= 15 is 0 Å². The van der Waals surface area contributed by atoms with Crippen LogP contribution in [-0.2, 0) is 13.1 Å². The number of aromatic nitrogens is 2. The van der Waals surface area contributed by atoms with Crippen molar-refractivity contribution in [3.8, 4) is 0 Å². The predicted octanol–water partition coefficient (Wildman–Crippen LogP) is 7.10. The van der Waals surface area contributed by atoms with Crippen LogP contribution < -0.4 is 0 Å². The molecule has 3 nitrogen and oxygen atoms in total. The Balaban J connectivity index is 1.94. The molecule has 0 amide bonds. The molecule has 0 fully saturated rings. The molecule has 0 N–H and O–H groups in total. The van der Waals surface area contributed by atoms with Crippen LogP contribution in [0.2, 0.25) is 0 Å². The molecule has 5 rings (SSSR count). The molecule has 0 spiro atoms. The normalized spacial score (nSPS) is 12.2. The topological polar surface area (TPSA) is 23.0 Å². The molecule has 0 saturated carbocycles. The Labute approximate surface area is 159 Å². The Hall–Kier alpha value is -2.68. The molecule has 0 radical (unpaired) electrons. The minimum absolute atomic E-state index is 1.03. The first-order valence-corrected chi connectivity index (χ1v) is 10.3. The Bertz CT molecular complexity index is 1150. The standard InChI is InChI=1S/C24H26N2O/c1-3-5-15-25-19-13-9-7-11-17(19)23-21(25)22-24(27-23)18-12-8-10-14-20(18)26(22)16-6-4-2/h7-14H,3-6,15-16H2,1-2H3. The third-order valence-corrected chi connectivity index (χ3v) is 5.75. The van der Waals surface area contributed by atoms with Gasteiger partial charge in [-0.25, -0.2) is 0 Å². The first-order valence-electron chi connectivity index (χ1n) is 10.3. The van der Waals surface area contributed by atoms with Crippen molar-refractivity contribution >= 4 is 44.0 Å². The molecule has 138 valence electrons. The third kappa shape index (κ3) is 2.34. The van der Waals surface area contributed by atoms with E-state index in [2.05, 4.69) is 71.5 Å². The molecule has 5 aromatic rings. The average molecular weight is 358 g/mol. The van der Waals surface area contributed by atoms with Crippen LogP contribution in [0.3, 0.4) is 0 Å². The number of benzene rings is 2. The van der Waals surface area contributed by atoms with Crippen molar-refractivity contribution in [3.05, 3.63) is 48.5 Å². The average Bonchev–Trinajstić information content (AvgIpc) is 3.32. The van der Waals surface area contributed by atoms with Crippen molar-refractivity contribution in [2.24, 2.45) is 0 Å². The lowest BCUT2D eigenvalue weighted by Crippen LogP contribution is -2.01. The summed E-state index contributed by atoms with van der Waals surface area (Å²) in [5, 5.41) is 2.46. The largest absolute Gasteiger partial charge is 0.451 e. The van der Waals surface area contributed by atoms with E-state index in [0.29, 0.717) is 0 Å². The van der Waals surface area contributed by atoms with Crippen LogP contribution in [0, 0.1) is 0 Å². The molecule has 0 unspecified atom stereocenters. The van der Waals surface area contributed by atoms with Crippen molar-refractivity contribution < 1.29 is 4.42 Å². The second-order valence-corrected chi connectivity index (χ2v) is 7.50. The van der Waals surface area contributed by atoms with Crippen molar-refractivity contribution in [3.63, 3.8) is 0 Å². The van der Waals surface area contributed by atoms with Gasteiger partial charge in [0.05, 0.1) is 11.0 Å². The number of furan rings is 1. The molecule has 27 heavy (non-hydrogen) atoms. The van der Waals surface area contributed by atoms with E-state index in [1.807, 2.05) is 0 Å². The van der Waals surface area contributed by atoms with Gasteiger partial charge in [-0.3, -0.25) is 0 Å². The molecule has 2 aromatic carbocycles. The highest BCUT2D eigenvalue weighted by molar-refractivity contribution is 6.20. The van der Waals surface area contributed by atoms with E-state index < -0.39 is 0 Å². The fourth-order valence-electron chi connectivity index (χ4n) is 4.42. The lowest BCUT2D eigenvalue weighted by Gasteiger charge is -2.09. The number of para-hydroxylation sites is 2. The van der Waals surface area contributed by atoms with E-state index in [1.54, 1.807) is 0 Å². The lowest BCUT2D eigenvalue weighted by molar-refractivity contribution is 0.655. The van der Waals surface area contributed by atoms with E-state index in [-0.39, 0.29) is 0 Å². The highest BCUT2D eigenvalue weighted by atomic mass is 16.3. The number of nitrogens with zero attached hydrogens (tertiary/aromatic N) is 2. The summed E-state index contributed by atoms with van der Waals surface area (Å²) in [7, 11) is 0. The Morgan fingerprint density at radius 2 is 1.11 bits per heavy atom. The van der Waals surface area contributed by atoms with Crippen molar-refractivity contribution in [1.29, 1.82) is 0 Å². The summed E-state index contributed by atoms with van der Waals surface area (Å²) in [5.74, 6) is 0. The lowest BCUT2D eigenvalue weighted by atomic mass is 10.2. The van der Waals surface area contributed by atoms with Gasteiger partial charge in [-0.1, -0.05) is 51.0 Å². The molecule has 0 saturated heterocycles. The molecule has 3 aromatic heterocycles. The minimum atomic E-state index is 1.03. The summed E-state index contributed by atoms with van der Waals surface area (Å²) >= 11 is 0. The molecule has 0 aliphatic carbocycles. The predicted molar refractivity (Wildman–Crippen MR) is 115 cm³/mol. The van der Waals surface area contributed by atoms with Gasteiger partial charge in [-0.15, -0.1) is 0 Å². The number of fused-ring (bicyclic) bond motifs is 7. The van der Waals surface area contributed by atoms with E-state index in [9.17, 15) is 0 Å². The number of aryl methyl sites for hydroxylation is 2. The van der Waals surface area contributed by atoms with Crippen LogP contribution in [0.1, 0.15) is 39.5 Å². The van der Waals surface area contributed by atoms with Gasteiger partial charge in [-0.2, -0.15) is 0 Å². The summed E-state index contributed by atoms with van der Waals surface area (Å²) in [6.45, 7) is 6.58. The van der Waals surface area contributed by atoms with Gasteiger partial charge in [0.15, 0.2) is 11.2 Å². The van der Waals surface area contributed by atoms with Crippen LogP contribution in [-0.4, -0.2) is 9.13 Å². The zero-order valence-corrected chi connectivity index (χ0v) is 16.2. The second-order valence-electron chi connectivity index (χ2n) is 7.50. The summed E-state index contributed by atoms with van der Waals surface area (Å²) in [5.41, 5.74) is 7.20. The summed E-state index contributed by atoms with van der Waals surface area (Å²) in [6, 6.07) is 17.3. The zero-order valence-electron chi connectivity index (χ0n) is 16.2. The maximum atomic E-state index is 6.56. The molecule has 0 aliphatic heterocycles. The Morgan fingerprint density at radius 3 is 1.56 bits per heavy atom. The fourth-order valence-corrected chi connectivity index (χ4v) is 4.42. The van der Waals surface area contributed by atoms with Crippen LogP contribution in [0.4, 0.5) is 0 Å². The molecule has 0 bridgehead atoms. The Kier molecular flexibility index (Phi) is 3.96. The number of hydrogen-bond acceptors (Lipinski definition) is 1. The SMILES string of the molecule is CCCCn1c2ccccc2c2oc3c4ccccc4n(CCCC)c3c21. The van der Waals surface area contributed by atoms with Gasteiger partial charge in [-0.05, 0) is 37.1 Å². The van der Waals surface area contributed by atoms with Gasteiger partial charge < -0.3 is 13.6 Å². The van der Waals surface area contributed by atoms with Crippen LogP contribution in [0.25, 0.3) is 44.0 Å².